The number of nitrogens with zero attached hydrogens (tertiary/aromatic N) is 1. The van der Waals surface area contributed by atoms with Crippen LogP contribution in [0.25, 0.3) is 0 Å². The Morgan fingerprint density at radius 1 is 0.944 bits per heavy atom. The molecule has 1 fully saturated rings. The van der Waals surface area contributed by atoms with Crippen molar-refractivity contribution < 1.29 is 0 Å². The largest absolute Gasteiger partial charge is 0.312 e. The lowest BCUT2D eigenvalue weighted by molar-refractivity contribution is 0.151. The van der Waals surface area contributed by atoms with Crippen LogP contribution in [0.1, 0.15) is 72.1 Å². The molecular weight excluding hydrogens is 220 g/mol. The lowest BCUT2D eigenvalue weighted by atomic mass is 9.98. The molecule has 2 unspecified atom stereocenters. The molecule has 1 aliphatic heterocycles. The van der Waals surface area contributed by atoms with Crippen molar-refractivity contribution >= 4 is 0 Å². The summed E-state index contributed by atoms with van der Waals surface area (Å²) in [6, 6.07) is 1.47. The van der Waals surface area contributed by atoms with Gasteiger partial charge in [-0.1, -0.05) is 40.0 Å². The molecule has 0 aromatic carbocycles. The maximum atomic E-state index is 3.80. The first-order valence-corrected chi connectivity index (χ1v) is 8.30. The van der Waals surface area contributed by atoms with Crippen LogP contribution in [0, 0.1) is 0 Å². The molecule has 1 saturated heterocycles. The molecule has 0 aromatic rings. The summed E-state index contributed by atoms with van der Waals surface area (Å²) < 4.78 is 0. The molecule has 0 aliphatic carbocycles. The number of hydrogen-bond acceptors (Lipinski definition) is 2. The van der Waals surface area contributed by atoms with Gasteiger partial charge in [-0.3, -0.25) is 4.90 Å². The fourth-order valence-corrected chi connectivity index (χ4v) is 3.30. The van der Waals surface area contributed by atoms with Gasteiger partial charge in [0.15, 0.2) is 0 Å². The van der Waals surface area contributed by atoms with Crippen LogP contribution in [0.15, 0.2) is 0 Å². The molecule has 0 bridgehead atoms. The molecule has 1 rings (SSSR count). The monoisotopic (exact) mass is 254 g/mol. The topological polar surface area (TPSA) is 15.3 Å². The van der Waals surface area contributed by atoms with Gasteiger partial charge in [-0.15, -0.1) is 0 Å². The van der Waals surface area contributed by atoms with Crippen molar-refractivity contribution in [2.24, 2.45) is 0 Å². The van der Waals surface area contributed by atoms with Crippen LogP contribution < -0.4 is 5.32 Å². The van der Waals surface area contributed by atoms with Crippen LogP contribution in [-0.4, -0.2) is 36.6 Å². The first kappa shape index (κ1) is 16.0. The van der Waals surface area contributed by atoms with Crippen molar-refractivity contribution in [2.45, 2.75) is 84.2 Å². The number of hydrogen-bond donors (Lipinski definition) is 1. The molecule has 2 atom stereocenters. The minimum absolute atomic E-state index is 0.707. The zero-order chi connectivity index (χ0) is 13.2. The van der Waals surface area contributed by atoms with E-state index in [9.17, 15) is 0 Å². The van der Waals surface area contributed by atoms with E-state index in [1.54, 1.807) is 0 Å². The molecule has 0 saturated carbocycles. The second-order valence-electron chi connectivity index (χ2n) is 5.78. The molecule has 0 spiro atoms. The zero-order valence-corrected chi connectivity index (χ0v) is 12.9. The first-order chi connectivity index (χ1) is 8.83. The first-order valence-electron chi connectivity index (χ1n) is 8.30. The van der Waals surface area contributed by atoms with Gasteiger partial charge in [0.1, 0.15) is 0 Å². The van der Waals surface area contributed by atoms with Gasteiger partial charge in [-0.2, -0.15) is 0 Å². The zero-order valence-electron chi connectivity index (χ0n) is 12.9. The molecule has 2 heteroatoms. The van der Waals surface area contributed by atoms with Crippen LogP contribution in [-0.2, 0) is 0 Å². The standard InChI is InChI=1S/C16H34N2/c1-4-11-15(17-12-5-2)16(6-3)18-13-9-7-8-10-14-18/h15-17H,4-14H2,1-3H3. The van der Waals surface area contributed by atoms with Gasteiger partial charge < -0.3 is 5.32 Å². The number of nitrogens with one attached hydrogen (secondary N) is 1. The minimum atomic E-state index is 0.707. The normalized spacial score (nSPS) is 21.5. The van der Waals surface area contributed by atoms with E-state index < -0.39 is 0 Å². The Kier molecular flexibility index (Phi) is 8.70. The SMILES string of the molecule is CCCNC(CCC)C(CC)N1CCCCCC1. The predicted octanol–water partition coefficient (Wildman–Crippen LogP) is 3.81. The fourth-order valence-electron chi connectivity index (χ4n) is 3.30. The summed E-state index contributed by atoms with van der Waals surface area (Å²) in [5.74, 6) is 0. The van der Waals surface area contributed by atoms with Gasteiger partial charge in [0.05, 0.1) is 0 Å². The molecular formula is C16H34N2. The van der Waals surface area contributed by atoms with Gasteiger partial charge in [0, 0.05) is 12.1 Å². The molecule has 1 aliphatic rings. The summed E-state index contributed by atoms with van der Waals surface area (Å²) in [4.78, 5) is 2.77. The highest BCUT2D eigenvalue weighted by atomic mass is 15.2. The van der Waals surface area contributed by atoms with Gasteiger partial charge in [0.2, 0.25) is 0 Å². The van der Waals surface area contributed by atoms with Gasteiger partial charge in [-0.25, -0.2) is 0 Å². The van der Waals surface area contributed by atoms with E-state index in [-0.39, 0.29) is 0 Å². The Bertz CT molecular complexity index is 186. The molecule has 18 heavy (non-hydrogen) atoms. The molecule has 1 N–H and O–H groups in total. The second kappa shape index (κ2) is 9.80. The van der Waals surface area contributed by atoms with E-state index >= 15 is 0 Å². The van der Waals surface area contributed by atoms with Crippen LogP contribution in [0.4, 0.5) is 0 Å². The highest BCUT2D eigenvalue weighted by Gasteiger charge is 2.25. The molecule has 1 heterocycles. The van der Waals surface area contributed by atoms with E-state index in [2.05, 4.69) is 31.0 Å². The highest BCUT2D eigenvalue weighted by Crippen LogP contribution is 2.19. The van der Waals surface area contributed by atoms with Crippen LogP contribution in [0.3, 0.4) is 0 Å². The Morgan fingerprint density at radius 2 is 1.61 bits per heavy atom. The van der Waals surface area contributed by atoms with Crippen molar-refractivity contribution in [1.29, 1.82) is 0 Å². The predicted molar refractivity (Wildman–Crippen MR) is 81.1 cm³/mol. The molecule has 0 aromatic heterocycles. The summed E-state index contributed by atoms with van der Waals surface area (Å²) in [5.41, 5.74) is 0. The second-order valence-corrected chi connectivity index (χ2v) is 5.78. The lowest BCUT2D eigenvalue weighted by Gasteiger charge is -2.36. The average Bonchev–Trinajstić information content (AvgIpc) is 2.66. The van der Waals surface area contributed by atoms with Crippen LogP contribution in [0.5, 0.6) is 0 Å². The third-order valence-corrected chi connectivity index (χ3v) is 4.25. The summed E-state index contributed by atoms with van der Waals surface area (Å²) in [6.07, 6.45) is 10.9. The van der Waals surface area contributed by atoms with Gasteiger partial charge >= 0.3 is 0 Å². The lowest BCUT2D eigenvalue weighted by Crippen LogP contribution is -2.50. The highest BCUT2D eigenvalue weighted by molar-refractivity contribution is 4.84. The van der Waals surface area contributed by atoms with Crippen LogP contribution >= 0.6 is 0 Å². The Labute approximate surface area is 115 Å². The van der Waals surface area contributed by atoms with Crippen molar-refractivity contribution in [3.63, 3.8) is 0 Å². The van der Waals surface area contributed by atoms with Gasteiger partial charge in [-0.05, 0) is 51.7 Å². The third-order valence-electron chi connectivity index (χ3n) is 4.25. The van der Waals surface area contributed by atoms with Gasteiger partial charge in [0.25, 0.3) is 0 Å². The third kappa shape index (κ3) is 5.27. The Balaban J connectivity index is 2.56. The molecule has 0 radical (unpaired) electrons. The van der Waals surface area contributed by atoms with E-state index in [1.807, 2.05) is 0 Å². The smallest absolute Gasteiger partial charge is 0.0246 e. The van der Waals surface area contributed by atoms with Crippen molar-refractivity contribution in [1.82, 2.24) is 10.2 Å². The van der Waals surface area contributed by atoms with Crippen LogP contribution in [0.2, 0.25) is 0 Å². The summed E-state index contributed by atoms with van der Waals surface area (Å²) >= 11 is 0. The maximum Gasteiger partial charge on any atom is 0.0246 e. The molecule has 2 nitrogen and oxygen atoms in total. The number of likely N-dealkylation sites (tertiary alicyclic amines) is 1. The molecule has 0 amide bonds. The molecule has 108 valence electrons. The van der Waals surface area contributed by atoms with E-state index in [1.165, 1.54) is 71.0 Å². The van der Waals surface area contributed by atoms with E-state index in [4.69, 9.17) is 0 Å². The summed E-state index contributed by atoms with van der Waals surface area (Å²) in [6.45, 7) is 10.8. The Hall–Kier alpha value is -0.0800. The van der Waals surface area contributed by atoms with Crippen molar-refractivity contribution in [2.75, 3.05) is 19.6 Å². The van der Waals surface area contributed by atoms with Crippen molar-refractivity contribution in [3.8, 4) is 0 Å². The summed E-state index contributed by atoms with van der Waals surface area (Å²) in [7, 11) is 0. The Morgan fingerprint density at radius 3 is 2.11 bits per heavy atom. The average molecular weight is 254 g/mol. The van der Waals surface area contributed by atoms with E-state index in [0.717, 1.165) is 6.04 Å². The maximum absolute atomic E-state index is 3.80. The quantitative estimate of drug-likeness (QED) is 0.708. The fraction of sp³-hybridized carbons (Fsp3) is 1.00. The number of rotatable bonds is 8. The van der Waals surface area contributed by atoms with Crippen molar-refractivity contribution in [3.05, 3.63) is 0 Å². The summed E-state index contributed by atoms with van der Waals surface area (Å²) in [5, 5.41) is 3.80. The minimum Gasteiger partial charge on any atom is -0.312 e. The van der Waals surface area contributed by atoms with E-state index in [0.29, 0.717) is 6.04 Å².